The first-order valence-electron chi connectivity index (χ1n) is 7.36. The molecule has 26 heavy (non-hydrogen) atoms. The number of aromatic nitrogens is 1. The second-order valence-electron chi connectivity index (χ2n) is 5.05. The molecule has 0 unspecified atom stereocenters. The number of nitrogens with one attached hydrogen (secondary N) is 3. The minimum absolute atomic E-state index is 0.199. The fourth-order valence-corrected chi connectivity index (χ4v) is 3.35. The van der Waals surface area contributed by atoms with Gasteiger partial charge in [0.25, 0.3) is 11.8 Å². The molecule has 0 aliphatic rings. The van der Waals surface area contributed by atoms with Crippen molar-refractivity contribution in [2.75, 3.05) is 5.32 Å². The van der Waals surface area contributed by atoms with Crippen LogP contribution in [0.15, 0.2) is 58.5 Å². The van der Waals surface area contributed by atoms with E-state index in [-0.39, 0.29) is 11.4 Å². The zero-order valence-corrected chi connectivity index (χ0v) is 15.5. The Morgan fingerprint density at radius 1 is 1.04 bits per heavy atom. The van der Waals surface area contributed by atoms with Gasteiger partial charge in [0.15, 0.2) is 0 Å². The molecule has 3 rings (SSSR count). The van der Waals surface area contributed by atoms with Crippen molar-refractivity contribution in [3.8, 4) is 0 Å². The van der Waals surface area contributed by atoms with E-state index in [0.29, 0.717) is 10.6 Å². The maximum Gasteiger partial charge on any atom is 0.279 e. The summed E-state index contributed by atoms with van der Waals surface area (Å²) in [6, 6.07) is 12.3. The number of nitrogens with zero attached hydrogens (tertiary/aromatic N) is 1. The van der Waals surface area contributed by atoms with Crippen molar-refractivity contribution in [3.63, 3.8) is 0 Å². The Morgan fingerprint density at radius 2 is 1.85 bits per heavy atom. The van der Waals surface area contributed by atoms with Crippen molar-refractivity contribution in [3.05, 3.63) is 74.8 Å². The number of carbonyl (C=O) groups is 2. The number of thiophene rings is 1. The van der Waals surface area contributed by atoms with Gasteiger partial charge in [-0.2, -0.15) is 0 Å². The van der Waals surface area contributed by atoms with Crippen LogP contribution in [0.25, 0.3) is 0 Å². The molecule has 0 radical (unpaired) electrons. The minimum Gasteiger partial charge on any atom is -0.339 e. The van der Waals surface area contributed by atoms with Crippen molar-refractivity contribution in [2.45, 2.75) is 0 Å². The molecule has 2 aromatic heterocycles. The molecule has 9 heteroatoms. The molecule has 0 spiro atoms. The molecular formula is C17H12BrFN4O2S. The van der Waals surface area contributed by atoms with Crippen molar-refractivity contribution in [1.29, 1.82) is 0 Å². The van der Waals surface area contributed by atoms with Crippen LogP contribution in [-0.4, -0.2) is 16.8 Å². The van der Waals surface area contributed by atoms with Gasteiger partial charge >= 0.3 is 0 Å². The fraction of sp³-hybridized carbons (Fsp3) is 0. The van der Waals surface area contributed by atoms with Gasteiger partial charge in [0.2, 0.25) is 0 Å². The second kappa shape index (κ2) is 8.07. The van der Waals surface area contributed by atoms with Crippen LogP contribution < -0.4 is 16.2 Å². The van der Waals surface area contributed by atoms with E-state index in [1.54, 1.807) is 30.3 Å². The van der Waals surface area contributed by atoms with Crippen molar-refractivity contribution in [2.24, 2.45) is 0 Å². The van der Waals surface area contributed by atoms with Gasteiger partial charge in [-0.05, 0) is 58.4 Å². The summed E-state index contributed by atoms with van der Waals surface area (Å²) in [5.41, 5.74) is 5.34. The van der Waals surface area contributed by atoms with E-state index in [4.69, 9.17) is 0 Å². The van der Waals surface area contributed by atoms with Crippen LogP contribution in [0, 0.1) is 5.82 Å². The Labute approximate surface area is 160 Å². The number of halogens is 2. The second-order valence-corrected chi connectivity index (χ2v) is 7.51. The number of hydrogen-bond donors (Lipinski definition) is 3. The lowest BCUT2D eigenvalue weighted by Crippen LogP contribution is -2.41. The van der Waals surface area contributed by atoms with Crippen LogP contribution in [0.3, 0.4) is 0 Å². The topological polar surface area (TPSA) is 83.1 Å². The molecule has 0 atom stereocenters. The van der Waals surface area contributed by atoms with Gasteiger partial charge in [-0.1, -0.05) is 6.07 Å². The normalized spacial score (nSPS) is 10.2. The molecule has 6 nitrogen and oxygen atoms in total. The fourth-order valence-electron chi connectivity index (χ4n) is 2.07. The number of amides is 2. The van der Waals surface area contributed by atoms with Crippen LogP contribution in [0.5, 0.6) is 0 Å². The standard InChI is InChI=1S/C17H12BrFN4O2S/c18-14-7-6-13(26-14)17(25)23-22-16(24)12-5-2-8-20-15(12)21-11-4-1-3-10(19)9-11/h1-9H,(H,20,21)(H,22,24)(H,23,25). The molecule has 3 aromatic rings. The first kappa shape index (κ1) is 18.0. The van der Waals surface area contributed by atoms with Gasteiger partial charge in [0.1, 0.15) is 11.6 Å². The zero-order chi connectivity index (χ0) is 18.5. The summed E-state index contributed by atoms with van der Waals surface area (Å²) >= 11 is 4.51. The Kier molecular flexibility index (Phi) is 5.59. The van der Waals surface area contributed by atoms with E-state index in [2.05, 4.69) is 37.1 Å². The number of pyridine rings is 1. The monoisotopic (exact) mass is 434 g/mol. The highest BCUT2D eigenvalue weighted by Crippen LogP contribution is 2.22. The molecule has 0 fully saturated rings. The van der Waals surface area contributed by atoms with Crippen LogP contribution in [0.2, 0.25) is 0 Å². The van der Waals surface area contributed by atoms with Gasteiger partial charge in [0, 0.05) is 11.9 Å². The maximum atomic E-state index is 13.3. The van der Waals surface area contributed by atoms with E-state index < -0.39 is 17.6 Å². The highest BCUT2D eigenvalue weighted by molar-refractivity contribution is 9.11. The van der Waals surface area contributed by atoms with E-state index >= 15 is 0 Å². The van der Waals surface area contributed by atoms with Crippen LogP contribution in [-0.2, 0) is 0 Å². The maximum absolute atomic E-state index is 13.3. The molecule has 1 aromatic carbocycles. The molecular weight excluding hydrogens is 423 g/mol. The van der Waals surface area contributed by atoms with Crippen LogP contribution >= 0.6 is 27.3 Å². The van der Waals surface area contributed by atoms with Crippen molar-refractivity contribution in [1.82, 2.24) is 15.8 Å². The Morgan fingerprint density at radius 3 is 2.58 bits per heavy atom. The molecule has 0 saturated carbocycles. The van der Waals surface area contributed by atoms with E-state index in [0.717, 1.165) is 3.79 Å². The van der Waals surface area contributed by atoms with E-state index in [1.165, 1.54) is 35.7 Å². The molecule has 2 heterocycles. The number of carbonyl (C=O) groups excluding carboxylic acids is 2. The number of anilines is 2. The largest absolute Gasteiger partial charge is 0.339 e. The first-order chi connectivity index (χ1) is 12.5. The van der Waals surface area contributed by atoms with E-state index in [1.807, 2.05) is 0 Å². The number of hydrogen-bond acceptors (Lipinski definition) is 5. The Hall–Kier alpha value is -2.78. The Balaban J connectivity index is 1.70. The third-order valence-corrected chi connectivity index (χ3v) is 4.85. The molecule has 0 saturated heterocycles. The van der Waals surface area contributed by atoms with Gasteiger partial charge < -0.3 is 5.32 Å². The quantitative estimate of drug-likeness (QED) is 0.544. The Bertz CT molecular complexity index is 963. The van der Waals surface area contributed by atoms with Gasteiger partial charge in [-0.25, -0.2) is 9.37 Å². The summed E-state index contributed by atoms with van der Waals surface area (Å²) in [6.07, 6.45) is 1.50. The lowest BCUT2D eigenvalue weighted by Gasteiger charge is -2.11. The van der Waals surface area contributed by atoms with Gasteiger partial charge in [0.05, 0.1) is 14.2 Å². The number of rotatable bonds is 4. The van der Waals surface area contributed by atoms with Crippen molar-refractivity contribution < 1.29 is 14.0 Å². The predicted octanol–water partition coefficient (Wildman–Crippen LogP) is 3.86. The number of benzene rings is 1. The molecule has 2 amide bonds. The van der Waals surface area contributed by atoms with Crippen LogP contribution in [0.4, 0.5) is 15.9 Å². The summed E-state index contributed by atoms with van der Waals surface area (Å²) in [5, 5.41) is 2.89. The average molecular weight is 435 g/mol. The zero-order valence-electron chi connectivity index (χ0n) is 13.1. The SMILES string of the molecule is O=C(NNC(=O)c1cccnc1Nc1cccc(F)c1)c1ccc(Br)s1. The third-order valence-electron chi connectivity index (χ3n) is 3.23. The average Bonchev–Trinajstić information content (AvgIpc) is 3.06. The lowest BCUT2D eigenvalue weighted by atomic mass is 10.2. The van der Waals surface area contributed by atoms with Gasteiger partial charge in [-0.15, -0.1) is 11.3 Å². The third kappa shape index (κ3) is 4.44. The highest BCUT2D eigenvalue weighted by atomic mass is 79.9. The molecule has 3 N–H and O–H groups in total. The lowest BCUT2D eigenvalue weighted by molar-refractivity contribution is 0.0849. The summed E-state index contributed by atoms with van der Waals surface area (Å²) in [7, 11) is 0. The molecule has 0 aliphatic heterocycles. The summed E-state index contributed by atoms with van der Waals surface area (Å²) < 4.78 is 14.1. The summed E-state index contributed by atoms with van der Waals surface area (Å²) in [6.45, 7) is 0. The molecule has 0 bridgehead atoms. The summed E-state index contributed by atoms with van der Waals surface area (Å²) in [4.78, 5) is 28.9. The number of hydrazine groups is 1. The minimum atomic E-state index is -0.555. The smallest absolute Gasteiger partial charge is 0.279 e. The van der Waals surface area contributed by atoms with E-state index in [9.17, 15) is 14.0 Å². The highest BCUT2D eigenvalue weighted by Gasteiger charge is 2.15. The molecule has 132 valence electrons. The first-order valence-corrected chi connectivity index (χ1v) is 8.97. The van der Waals surface area contributed by atoms with Crippen LogP contribution in [0.1, 0.15) is 20.0 Å². The molecule has 0 aliphatic carbocycles. The summed E-state index contributed by atoms with van der Waals surface area (Å²) in [5.74, 6) is -1.16. The van der Waals surface area contributed by atoms with Crippen molar-refractivity contribution >= 4 is 50.6 Å². The predicted molar refractivity (Wildman–Crippen MR) is 101 cm³/mol. The van der Waals surface area contributed by atoms with Gasteiger partial charge in [-0.3, -0.25) is 20.4 Å².